The Morgan fingerprint density at radius 1 is 1.08 bits per heavy atom. The first-order valence-electron chi connectivity index (χ1n) is 7.89. The van der Waals surface area contributed by atoms with Crippen molar-refractivity contribution in [3.8, 4) is 17.0 Å². The number of aromatic hydroxyl groups is 1. The average molecular weight is 319 g/mol. The van der Waals surface area contributed by atoms with E-state index in [0.717, 1.165) is 33.4 Å². The van der Waals surface area contributed by atoms with Crippen LogP contribution in [0.5, 0.6) is 5.75 Å². The van der Waals surface area contributed by atoms with E-state index in [2.05, 4.69) is 27.6 Å². The van der Waals surface area contributed by atoms with Gasteiger partial charge in [-0.05, 0) is 53.6 Å². The van der Waals surface area contributed by atoms with E-state index in [4.69, 9.17) is 0 Å². The van der Waals surface area contributed by atoms with Gasteiger partial charge < -0.3 is 10.1 Å². The van der Waals surface area contributed by atoms with E-state index in [1.54, 1.807) is 12.1 Å². The molecule has 2 aromatic carbocycles. The van der Waals surface area contributed by atoms with Gasteiger partial charge in [-0.1, -0.05) is 13.0 Å². The Morgan fingerprint density at radius 2 is 1.83 bits per heavy atom. The number of phenolic OH excluding ortho intramolecular Hbond substituents is 1. The van der Waals surface area contributed by atoms with Crippen LogP contribution >= 0.6 is 0 Å². The van der Waals surface area contributed by atoms with Crippen LogP contribution in [0.1, 0.15) is 18.9 Å². The predicted octanol–water partition coefficient (Wildman–Crippen LogP) is 3.40. The van der Waals surface area contributed by atoms with Gasteiger partial charge >= 0.3 is 0 Å². The number of nitrogens with zero attached hydrogens (tertiary/aromatic N) is 1. The summed E-state index contributed by atoms with van der Waals surface area (Å²) in [5.74, 6) is 0.318. The number of aromatic nitrogens is 1. The molecule has 1 atom stereocenters. The Kier molecular flexibility index (Phi) is 3.34. The molecule has 0 aliphatic carbocycles. The van der Waals surface area contributed by atoms with Crippen LogP contribution in [0, 0.1) is 5.92 Å². The molecule has 0 saturated heterocycles. The molecule has 0 spiro atoms. The first kappa shape index (κ1) is 14.5. The van der Waals surface area contributed by atoms with Gasteiger partial charge in [-0.2, -0.15) is 5.10 Å². The second-order valence-corrected chi connectivity index (χ2v) is 6.17. The molecule has 4 rings (SSSR count). The number of carbonyl (C=O) groups excluding carboxylic acids is 1. The van der Waals surface area contributed by atoms with Crippen molar-refractivity contribution in [3.05, 3.63) is 54.1 Å². The number of H-pyrrole nitrogens is 1. The number of fused-ring (bicyclic) bond motifs is 1. The zero-order valence-corrected chi connectivity index (χ0v) is 13.2. The van der Waals surface area contributed by atoms with E-state index in [-0.39, 0.29) is 17.6 Å². The van der Waals surface area contributed by atoms with E-state index >= 15 is 0 Å². The van der Waals surface area contributed by atoms with Crippen LogP contribution in [-0.4, -0.2) is 21.7 Å². The lowest BCUT2D eigenvalue weighted by molar-refractivity contribution is -0.121. The second kappa shape index (κ2) is 5.53. The topological polar surface area (TPSA) is 77.5 Å². The molecular weight excluding hydrogens is 302 g/mol. The molecule has 0 radical (unpaired) electrons. The predicted molar refractivity (Wildman–Crippen MR) is 93.9 cm³/mol. The van der Waals surface area contributed by atoms with Crippen LogP contribution in [0.15, 0.2) is 53.6 Å². The van der Waals surface area contributed by atoms with Crippen molar-refractivity contribution in [3.63, 3.8) is 0 Å². The standard InChI is InChI=1S/C19H17N3O2/c1-11-8-18(24)21-22-19(11)13-4-7-16-14(9-13)10-17(20-16)12-2-5-15(23)6-3-12/h2-7,9-11,20,23H,8H2,1H3,(H,21,24). The molecule has 120 valence electrons. The molecule has 2 heterocycles. The smallest absolute Gasteiger partial charge is 0.240 e. The van der Waals surface area contributed by atoms with Crippen molar-refractivity contribution >= 4 is 22.5 Å². The Morgan fingerprint density at radius 3 is 2.58 bits per heavy atom. The molecule has 1 aliphatic heterocycles. The Hall–Kier alpha value is -3.08. The third-order valence-corrected chi connectivity index (χ3v) is 4.35. The lowest BCUT2D eigenvalue weighted by Gasteiger charge is -2.19. The fourth-order valence-electron chi connectivity index (χ4n) is 3.09. The first-order chi connectivity index (χ1) is 11.6. The fraction of sp³-hybridized carbons (Fsp3) is 0.158. The van der Waals surface area contributed by atoms with Crippen molar-refractivity contribution in [1.29, 1.82) is 0 Å². The van der Waals surface area contributed by atoms with Gasteiger partial charge in [-0.3, -0.25) is 4.79 Å². The van der Waals surface area contributed by atoms with Gasteiger partial charge in [0, 0.05) is 28.9 Å². The molecule has 0 saturated carbocycles. The van der Waals surface area contributed by atoms with Crippen LogP contribution in [0.4, 0.5) is 0 Å². The number of carbonyl (C=O) groups is 1. The number of nitrogens with one attached hydrogen (secondary N) is 2. The summed E-state index contributed by atoms with van der Waals surface area (Å²) in [4.78, 5) is 14.8. The largest absolute Gasteiger partial charge is 0.508 e. The summed E-state index contributed by atoms with van der Waals surface area (Å²) < 4.78 is 0. The van der Waals surface area contributed by atoms with Gasteiger partial charge in [-0.25, -0.2) is 5.43 Å². The minimum Gasteiger partial charge on any atom is -0.508 e. The molecule has 1 unspecified atom stereocenters. The molecule has 1 aliphatic rings. The molecule has 24 heavy (non-hydrogen) atoms. The van der Waals surface area contributed by atoms with Crippen molar-refractivity contribution in [1.82, 2.24) is 10.4 Å². The van der Waals surface area contributed by atoms with Crippen LogP contribution < -0.4 is 5.43 Å². The van der Waals surface area contributed by atoms with Gasteiger partial charge in [0.05, 0.1) is 5.71 Å². The lowest BCUT2D eigenvalue weighted by Crippen LogP contribution is -2.31. The number of phenols is 1. The third kappa shape index (κ3) is 2.54. The zero-order chi connectivity index (χ0) is 16.7. The van der Waals surface area contributed by atoms with Gasteiger partial charge in [-0.15, -0.1) is 0 Å². The highest BCUT2D eigenvalue weighted by Crippen LogP contribution is 2.27. The molecule has 0 bridgehead atoms. The van der Waals surface area contributed by atoms with E-state index in [1.165, 1.54) is 0 Å². The van der Waals surface area contributed by atoms with E-state index in [0.29, 0.717) is 6.42 Å². The quantitative estimate of drug-likeness (QED) is 0.677. The number of benzene rings is 2. The second-order valence-electron chi connectivity index (χ2n) is 6.17. The fourth-order valence-corrected chi connectivity index (χ4v) is 3.09. The minimum absolute atomic E-state index is 0.0383. The van der Waals surface area contributed by atoms with E-state index < -0.39 is 0 Å². The number of hydrogen-bond donors (Lipinski definition) is 3. The molecular formula is C19H17N3O2. The normalized spacial score (nSPS) is 17.6. The third-order valence-electron chi connectivity index (χ3n) is 4.35. The number of hydrazone groups is 1. The monoisotopic (exact) mass is 319 g/mol. The molecule has 3 N–H and O–H groups in total. The summed E-state index contributed by atoms with van der Waals surface area (Å²) in [5, 5.41) is 14.7. The van der Waals surface area contributed by atoms with Crippen molar-refractivity contribution < 1.29 is 9.90 Å². The molecule has 1 aromatic heterocycles. The maximum atomic E-state index is 11.4. The number of hydrogen-bond acceptors (Lipinski definition) is 3. The van der Waals surface area contributed by atoms with Crippen molar-refractivity contribution in [2.45, 2.75) is 13.3 Å². The first-order valence-corrected chi connectivity index (χ1v) is 7.89. The van der Waals surface area contributed by atoms with Crippen LogP contribution in [0.3, 0.4) is 0 Å². The van der Waals surface area contributed by atoms with Crippen molar-refractivity contribution in [2.75, 3.05) is 0 Å². The summed E-state index contributed by atoms with van der Waals surface area (Å²) >= 11 is 0. The number of amides is 1. The van der Waals surface area contributed by atoms with Gasteiger partial charge in [0.1, 0.15) is 5.75 Å². The van der Waals surface area contributed by atoms with Gasteiger partial charge in [0.2, 0.25) is 5.91 Å². The zero-order valence-electron chi connectivity index (χ0n) is 13.2. The molecule has 1 amide bonds. The molecule has 5 heteroatoms. The summed E-state index contributed by atoms with van der Waals surface area (Å²) in [6, 6.07) is 15.3. The van der Waals surface area contributed by atoms with Crippen LogP contribution in [-0.2, 0) is 4.79 Å². The number of rotatable bonds is 2. The van der Waals surface area contributed by atoms with Crippen molar-refractivity contribution in [2.24, 2.45) is 11.0 Å². The SMILES string of the molecule is CC1CC(=O)NN=C1c1ccc2[nH]c(-c3ccc(O)cc3)cc2c1. The lowest BCUT2D eigenvalue weighted by atomic mass is 9.93. The Balaban J connectivity index is 1.74. The highest BCUT2D eigenvalue weighted by molar-refractivity contribution is 6.07. The minimum atomic E-state index is -0.0383. The molecule has 0 fully saturated rings. The Labute approximate surface area is 139 Å². The van der Waals surface area contributed by atoms with E-state index in [9.17, 15) is 9.90 Å². The average Bonchev–Trinajstić information content (AvgIpc) is 2.98. The summed E-state index contributed by atoms with van der Waals surface area (Å²) in [5.41, 5.74) is 7.54. The molecule has 3 aromatic rings. The number of aromatic amines is 1. The maximum absolute atomic E-state index is 11.4. The summed E-state index contributed by atoms with van der Waals surface area (Å²) in [6.07, 6.45) is 0.461. The summed E-state index contributed by atoms with van der Waals surface area (Å²) in [6.45, 7) is 2.01. The molecule has 5 nitrogen and oxygen atoms in total. The maximum Gasteiger partial charge on any atom is 0.240 e. The van der Waals surface area contributed by atoms with Crippen LogP contribution in [0.2, 0.25) is 0 Å². The highest BCUT2D eigenvalue weighted by atomic mass is 16.3. The Bertz CT molecular complexity index is 954. The highest BCUT2D eigenvalue weighted by Gasteiger charge is 2.21. The van der Waals surface area contributed by atoms with Gasteiger partial charge in [0.25, 0.3) is 0 Å². The van der Waals surface area contributed by atoms with E-state index in [1.807, 2.05) is 31.2 Å². The van der Waals surface area contributed by atoms with Crippen LogP contribution in [0.25, 0.3) is 22.2 Å². The summed E-state index contributed by atoms with van der Waals surface area (Å²) in [7, 11) is 0. The van der Waals surface area contributed by atoms with Gasteiger partial charge in [0.15, 0.2) is 0 Å².